The quantitative estimate of drug-likeness (QED) is 0.454. The van der Waals surface area contributed by atoms with Crippen molar-refractivity contribution in [2.45, 2.75) is 20.3 Å². The molecule has 0 amide bonds. The van der Waals surface area contributed by atoms with Crippen LogP contribution in [0.4, 0.5) is 0 Å². The minimum Gasteiger partial charge on any atom is -0.482 e. The highest BCUT2D eigenvalue weighted by molar-refractivity contribution is 5.74. The zero-order chi connectivity index (χ0) is 18.4. The largest absolute Gasteiger partial charge is 0.482 e. The minimum absolute atomic E-state index is 0.120. The van der Waals surface area contributed by atoms with Crippen molar-refractivity contribution in [1.29, 1.82) is 0 Å². The number of hydrogen-bond donors (Lipinski definition) is 0. The van der Waals surface area contributed by atoms with Crippen LogP contribution >= 0.6 is 0 Å². The van der Waals surface area contributed by atoms with Gasteiger partial charge < -0.3 is 9.47 Å². The van der Waals surface area contributed by atoms with E-state index in [9.17, 15) is 4.79 Å². The van der Waals surface area contributed by atoms with Crippen LogP contribution in [0.2, 0.25) is 0 Å². The summed E-state index contributed by atoms with van der Waals surface area (Å²) in [6.45, 7) is 4.04. The fourth-order valence-corrected chi connectivity index (χ4v) is 2.59. The Labute approximate surface area is 154 Å². The Morgan fingerprint density at radius 3 is 1.88 bits per heavy atom. The maximum absolute atomic E-state index is 12.0. The third kappa shape index (κ3) is 4.73. The Kier molecular flexibility index (Phi) is 5.69. The molecule has 0 bridgehead atoms. The zero-order valence-electron chi connectivity index (χ0n) is 15.1. The summed E-state index contributed by atoms with van der Waals surface area (Å²) < 4.78 is 10.8. The second-order valence-corrected chi connectivity index (χ2v) is 6.15. The van der Waals surface area contributed by atoms with Gasteiger partial charge in [-0.15, -0.1) is 0 Å². The van der Waals surface area contributed by atoms with E-state index in [-0.39, 0.29) is 6.61 Å². The van der Waals surface area contributed by atoms with Gasteiger partial charge in [0, 0.05) is 0 Å². The molecule has 0 saturated heterocycles. The molecule has 0 aliphatic heterocycles. The highest BCUT2D eigenvalue weighted by Crippen LogP contribution is 2.23. The van der Waals surface area contributed by atoms with Gasteiger partial charge in [-0.25, -0.2) is 4.79 Å². The SMILES string of the molecule is CCc1ccc(OCC(=O)Oc2ccc(-c3ccc(C)cc3)cc2)cc1. The summed E-state index contributed by atoms with van der Waals surface area (Å²) in [7, 11) is 0. The summed E-state index contributed by atoms with van der Waals surface area (Å²) >= 11 is 0. The number of aryl methyl sites for hydroxylation is 2. The number of rotatable bonds is 6. The molecule has 26 heavy (non-hydrogen) atoms. The summed E-state index contributed by atoms with van der Waals surface area (Å²) in [5.41, 5.74) is 4.67. The molecule has 0 N–H and O–H groups in total. The first kappa shape index (κ1) is 17.7. The van der Waals surface area contributed by atoms with Crippen molar-refractivity contribution in [3.8, 4) is 22.6 Å². The Morgan fingerprint density at radius 2 is 1.31 bits per heavy atom. The fourth-order valence-electron chi connectivity index (χ4n) is 2.59. The summed E-state index contributed by atoms with van der Waals surface area (Å²) in [4.78, 5) is 12.0. The van der Waals surface area contributed by atoms with E-state index in [1.807, 2.05) is 36.4 Å². The van der Waals surface area contributed by atoms with E-state index in [2.05, 4.69) is 38.1 Å². The topological polar surface area (TPSA) is 35.5 Å². The molecule has 0 saturated carbocycles. The van der Waals surface area contributed by atoms with E-state index in [0.29, 0.717) is 11.5 Å². The molecule has 0 radical (unpaired) electrons. The molecule has 3 rings (SSSR count). The Morgan fingerprint density at radius 1 is 0.769 bits per heavy atom. The van der Waals surface area contributed by atoms with Gasteiger partial charge in [0.15, 0.2) is 6.61 Å². The van der Waals surface area contributed by atoms with Crippen molar-refractivity contribution in [3.63, 3.8) is 0 Å². The van der Waals surface area contributed by atoms with Crippen molar-refractivity contribution in [2.75, 3.05) is 6.61 Å². The van der Waals surface area contributed by atoms with Gasteiger partial charge in [-0.05, 0) is 54.3 Å². The van der Waals surface area contributed by atoms with E-state index >= 15 is 0 Å². The van der Waals surface area contributed by atoms with E-state index in [0.717, 1.165) is 17.5 Å². The van der Waals surface area contributed by atoms with Gasteiger partial charge in [0.25, 0.3) is 0 Å². The van der Waals surface area contributed by atoms with Gasteiger partial charge in [-0.2, -0.15) is 0 Å². The lowest BCUT2D eigenvalue weighted by Crippen LogP contribution is -2.17. The summed E-state index contributed by atoms with van der Waals surface area (Å²) in [5, 5.41) is 0. The Bertz CT molecular complexity index is 847. The van der Waals surface area contributed by atoms with Crippen molar-refractivity contribution >= 4 is 5.97 Å². The van der Waals surface area contributed by atoms with Gasteiger partial charge in [-0.1, -0.05) is 61.0 Å². The van der Waals surface area contributed by atoms with Crippen LogP contribution in [0.15, 0.2) is 72.8 Å². The van der Waals surface area contributed by atoms with E-state index < -0.39 is 5.97 Å². The van der Waals surface area contributed by atoms with Gasteiger partial charge in [-0.3, -0.25) is 0 Å². The fraction of sp³-hybridized carbons (Fsp3) is 0.174. The van der Waals surface area contributed by atoms with Crippen LogP contribution < -0.4 is 9.47 Å². The number of carbonyl (C=O) groups is 1. The van der Waals surface area contributed by atoms with Crippen LogP contribution in [0.5, 0.6) is 11.5 Å². The molecular formula is C23H22O3. The Hall–Kier alpha value is -3.07. The number of carbonyl (C=O) groups excluding carboxylic acids is 1. The second kappa shape index (κ2) is 8.34. The third-order valence-electron chi connectivity index (χ3n) is 4.16. The van der Waals surface area contributed by atoms with E-state index in [4.69, 9.17) is 9.47 Å². The van der Waals surface area contributed by atoms with E-state index in [1.54, 1.807) is 12.1 Å². The van der Waals surface area contributed by atoms with E-state index in [1.165, 1.54) is 11.1 Å². The normalized spacial score (nSPS) is 10.4. The van der Waals surface area contributed by atoms with Crippen LogP contribution in [-0.4, -0.2) is 12.6 Å². The van der Waals surface area contributed by atoms with Crippen LogP contribution in [0.1, 0.15) is 18.1 Å². The molecule has 3 aromatic rings. The predicted molar refractivity (Wildman–Crippen MR) is 104 cm³/mol. The molecule has 3 aromatic carbocycles. The maximum atomic E-state index is 12.0. The number of ether oxygens (including phenoxy) is 2. The van der Waals surface area contributed by atoms with Crippen molar-refractivity contribution < 1.29 is 14.3 Å². The van der Waals surface area contributed by atoms with Crippen LogP contribution in [-0.2, 0) is 11.2 Å². The molecule has 0 atom stereocenters. The zero-order valence-corrected chi connectivity index (χ0v) is 15.1. The molecule has 0 unspecified atom stereocenters. The number of benzene rings is 3. The third-order valence-corrected chi connectivity index (χ3v) is 4.16. The molecular weight excluding hydrogens is 324 g/mol. The van der Waals surface area contributed by atoms with Crippen molar-refractivity contribution in [1.82, 2.24) is 0 Å². The van der Waals surface area contributed by atoms with Gasteiger partial charge in [0.2, 0.25) is 0 Å². The predicted octanol–water partition coefficient (Wildman–Crippen LogP) is 5.21. The Balaban J connectivity index is 1.54. The lowest BCUT2D eigenvalue weighted by atomic mass is 10.0. The summed E-state index contributed by atoms with van der Waals surface area (Å²) in [6.07, 6.45) is 0.973. The first-order chi connectivity index (χ1) is 12.6. The van der Waals surface area contributed by atoms with Crippen LogP contribution in [0, 0.1) is 6.92 Å². The van der Waals surface area contributed by atoms with Gasteiger partial charge >= 0.3 is 5.97 Å². The molecule has 3 heteroatoms. The van der Waals surface area contributed by atoms with Gasteiger partial charge in [0.1, 0.15) is 11.5 Å². The lowest BCUT2D eigenvalue weighted by Gasteiger charge is -2.08. The average Bonchev–Trinajstić information content (AvgIpc) is 2.68. The summed E-state index contributed by atoms with van der Waals surface area (Å²) in [6, 6.07) is 23.5. The van der Waals surface area contributed by atoms with Gasteiger partial charge in [0.05, 0.1) is 0 Å². The monoisotopic (exact) mass is 346 g/mol. The molecule has 0 heterocycles. The smallest absolute Gasteiger partial charge is 0.349 e. The highest BCUT2D eigenvalue weighted by atomic mass is 16.6. The summed E-state index contributed by atoms with van der Waals surface area (Å²) in [5.74, 6) is 0.748. The standard InChI is InChI=1S/C23H22O3/c1-3-18-6-12-21(13-7-18)25-16-23(24)26-22-14-10-20(11-15-22)19-8-4-17(2)5-9-19/h4-15H,3,16H2,1-2H3. The first-order valence-electron chi connectivity index (χ1n) is 8.73. The average molecular weight is 346 g/mol. The molecule has 0 fully saturated rings. The molecule has 3 nitrogen and oxygen atoms in total. The number of esters is 1. The van der Waals surface area contributed by atoms with Crippen molar-refractivity contribution in [3.05, 3.63) is 83.9 Å². The lowest BCUT2D eigenvalue weighted by molar-refractivity contribution is -0.136. The molecule has 0 spiro atoms. The maximum Gasteiger partial charge on any atom is 0.349 e. The van der Waals surface area contributed by atoms with Crippen molar-refractivity contribution in [2.24, 2.45) is 0 Å². The highest BCUT2D eigenvalue weighted by Gasteiger charge is 2.07. The second-order valence-electron chi connectivity index (χ2n) is 6.15. The first-order valence-corrected chi connectivity index (χ1v) is 8.73. The molecule has 0 aliphatic rings. The van der Waals surface area contributed by atoms with Crippen LogP contribution in [0.25, 0.3) is 11.1 Å². The minimum atomic E-state index is -0.423. The molecule has 132 valence electrons. The van der Waals surface area contributed by atoms with Crippen LogP contribution in [0.3, 0.4) is 0 Å². The number of hydrogen-bond acceptors (Lipinski definition) is 3. The molecule has 0 aliphatic carbocycles. The molecule has 0 aromatic heterocycles.